The molecule has 8 nitrogen and oxygen atoms in total. The maximum Gasteiger partial charge on any atom is 0.410 e. The molecule has 0 radical (unpaired) electrons. The summed E-state index contributed by atoms with van der Waals surface area (Å²) < 4.78 is 10.9. The van der Waals surface area contributed by atoms with E-state index < -0.39 is 29.7 Å². The van der Waals surface area contributed by atoms with Crippen LogP contribution in [0.3, 0.4) is 0 Å². The van der Waals surface area contributed by atoms with Crippen LogP contribution in [0.1, 0.15) is 12.0 Å². The average Bonchev–Trinajstić information content (AvgIpc) is 3.08. The molecule has 2 aromatic carbocycles. The molecule has 1 heterocycles. The number of ether oxygens (including phenoxy) is 2. The molecule has 1 aliphatic rings. The Morgan fingerprint density at radius 1 is 1.00 bits per heavy atom. The number of esters is 1. The van der Waals surface area contributed by atoms with Crippen LogP contribution in [-0.4, -0.2) is 45.4 Å². The second-order valence-corrected chi connectivity index (χ2v) is 6.29. The van der Waals surface area contributed by atoms with Crippen LogP contribution in [-0.2, 0) is 20.9 Å². The molecule has 146 valence electrons. The van der Waals surface area contributed by atoms with E-state index in [2.05, 4.69) is 0 Å². The number of carbonyl (C=O) groups is 3. The minimum absolute atomic E-state index is 0.0287. The molecule has 2 aromatic rings. The number of rotatable bonds is 6. The minimum atomic E-state index is -2.40. The van der Waals surface area contributed by atoms with Gasteiger partial charge in [-0.2, -0.15) is 0 Å². The lowest BCUT2D eigenvalue weighted by molar-refractivity contribution is -0.184. The molecular weight excluding hydrogens is 366 g/mol. The molecule has 0 saturated carbocycles. The van der Waals surface area contributed by atoms with Gasteiger partial charge in [-0.1, -0.05) is 48.5 Å². The van der Waals surface area contributed by atoms with E-state index in [4.69, 9.17) is 9.47 Å². The van der Waals surface area contributed by atoms with Gasteiger partial charge in [-0.25, -0.2) is 9.59 Å². The van der Waals surface area contributed by atoms with E-state index in [9.17, 15) is 24.6 Å². The predicted molar refractivity (Wildman–Crippen MR) is 96.5 cm³/mol. The number of likely N-dealkylation sites (tertiary alicyclic amines) is 1. The van der Waals surface area contributed by atoms with Crippen LogP contribution in [0.4, 0.5) is 4.79 Å². The summed E-state index contributed by atoms with van der Waals surface area (Å²) in [5, 5.41) is 19.4. The molecule has 0 aliphatic carbocycles. The first kappa shape index (κ1) is 19.2. The van der Waals surface area contributed by atoms with Gasteiger partial charge in [0.15, 0.2) is 0 Å². The zero-order valence-corrected chi connectivity index (χ0v) is 14.9. The highest BCUT2D eigenvalue weighted by molar-refractivity contribution is 5.90. The Balaban J connectivity index is 1.89. The number of hydrogen-bond acceptors (Lipinski definition) is 5. The second kappa shape index (κ2) is 7.99. The van der Waals surface area contributed by atoms with Crippen LogP contribution in [0.25, 0.3) is 0 Å². The molecule has 0 aromatic heterocycles. The summed E-state index contributed by atoms with van der Waals surface area (Å²) >= 11 is 0. The number of aliphatic carboxylic acids is 1. The van der Waals surface area contributed by atoms with Gasteiger partial charge in [-0.15, -0.1) is 0 Å². The summed E-state index contributed by atoms with van der Waals surface area (Å²) in [5.74, 6) is -3.58. The Morgan fingerprint density at radius 2 is 1.61 bits per heavy atom. The number of carbonyl (C=O) groups excluding carboxylic acids is 1. The van der Waals surface area contributed by atoms with Crippen LogP contribution in [0.2, 0.25) is 0 Å². The molecule has 3 rings (SSSR count). The molecule has 2 N–H and O–H groups in total. The van der Waals surface area contributed by atoms with Crippen molar-refractivity contribution in [2.75, 3.05) is 6.54 Å². The van der Waals surface area contributed by atoms with Crippen LogP contribution < -0.4 is 4.74 Å². The second-order valence-electron chi connectivity index (χ2n) is 6.29. The lowest BCUT2D eigenvalue weighted by Crippen LogP contribution is -2.62. The first-order valence-corrected chi connectivity index (χ1v) is 8.63. The van der Waals surface area contributed by atoms with E-state index in [1.807, 2.05) is 6.07 Å². The van der Waals surface area contributed by atoms with Gasteiger partial charge in [0.1, 0.15) is 18.3 Å². The number of para-hydroxylation sites is 1. The molecule has 2 unspecified atom stereocenters. The normalized spacial score (nSPS) is 21.1. The number of carboxylic acid groups (broad SMARTS) is 2. The number of hydrogen-bond donors (Lipinski definition) is 2. The number of amides is 1. The maximum absolute atomic E-state index is 12.7. The standard InChI is InChI=1S/C20H19NO7/c22-17(27-13-14-7-3-1-4-8-14)16-11-12-21(19(25)26)20(16,18(23)24)28-15-9-5-2-6-10-15/h1-10,16H,11-13H2,(H,23,24)(H,25,26). The predicted octanol–water partition coefficient (Wildman–Crippen LogP) is 2.59. The van der Waals surface area contributed by atoms with Crippen molar-refractivity contribution in [2.45, 2.75) is 18.8 Å². The van der Waals surface area contributed by atoms with Gasteiger partial charge in [0.05, 0.1) is 0 Å². The summed E-state index contributed by atoms with van der Waals surface area (Å²) in [6, 6.07) is 16.8. The van der Waals surface area contributed by atoms with Gasteiger partial charge in [0, 0.05) is 6.54 Å². The third kappa shape index (κ3) is 3.62. The van der Waals surface area contributed by atoms with E-state index in [1.165, 1.54) is 12.1 Å². The Kier molecular flexibility index (Phi) is 5.49. The van der Waals surface area contributed by atoms with Crippen molar-refractivity contribution in [3.8, 4) is 5.75 Å². The van der Waals surface area contributed by atoms with Gasteiger partial charge >= 0.3 is 18.0 Å². The molecule has 0 spiro atoms. The monoisotopic (exact) mass is 385 g/mol. The van der Waals surface area contributed by atoms with Crippen LogP contribution in [0.5, 0.6) is 5.75 Å². The SMILES string of the molecule is O=C(OCc1ccccc1)C1CCN(C(=O)O)C1(Oc1ccccc1)C(=O)O. The summed E-state index contributed by atoms with van der Waals surface area (Å²) in [5.41, 5.74) is -1.67. The average molecular weight is 385 g/mol. The number of carboxylic acids is 1. The van der Waals surface area contributed by atoms with Gasteiger partial charge in [0.25, 0.3) is 5.72 Å². The highest BCUT2D eigenvalue weighted by atomic mass is 16.6. The highest BCUT2D eigenvalue weighted by Crippen LogP contribution is 2.38. The fourth-order valence-electron chi connectivity index (χ4n) is 3.26. The summed E-state index contributed by atoms with van der Waals surface area (Å²) in [6.45, 7) is -0.218. The van der Waals surface area contributed by atoms with Crippen molar-refractivity contribution >= 4 is 18.0 Å². The molecule has 2 atom stereocenters. The third-order valence-electron chi connectivity index (χ3n) is 4.58. The molecular formula is C20H19NO7. The smallest absolute Gasteiger partial charge is 0.410 e. The van der Waals surface area contributed by atoms with Crippen molar-refractivity contribution in [1.29, 1.82) is 0 Å². The quantitative estimate of drug-likeness (QED) is 0.735. The summed E-state index contributed by atoms with van der Waals surface area (Å²) in [7, 11) is 0. The van der Waals surface area contributed by atoms with Crippen molar-refractivity contribution in [3.63, 3.8) is 0 Å². The van der Waals surface area contributed by atoms with E-state index in [0.29, 0.717) is 4.90 Å². The largest absolute Gasteiger partial charge is 0.477 e. The lowest BCUT2D eigenvalue weighted by atomic mass is 9.96. The Hall–Kier alpha value is -3.55. The Bertz CT molecular complexity index is 855. The summed E-state index contributed by atoms with van der Waals surface area (Å²) in [4.78, 5) is 37.2. The van der Waals surface area contributed by atoms with Gasteiger partial charge in [0.2, 0.25) is 0 Å². The Morgan fingerprint density at radius 3 is 2.18 bits per heavy atom. The fraction of sp³-hybridized carbons (Fsp3) is 0.250. The summed E-state index contributed by atoms with van der Waals surface area (Å²) in [6.07, 6.45) is -1.52. The van der Waals surface area contributed by atoms with E-state index in [1.54, 1.807) is 42.5 Å². The van der Waals surface area contributed by atoms with Gasteiger partial charge in [-0.05, 0) is 24.1 Å². The van der Waals surface area contributed by atoms with Crippen molar-refractivity contribution in [2.24, 2.45) is 5.92 Å². The minimum Gasteiger partial charge on any atom is -0.477 e. The Labute approximate surface area is 160 Å². The molecule has 8 heteroatoms. The van der Waals surface area contributed by atoms with Gasteiger partial charge in [-0.3, -0.25) is 9.69 Å². The number of benzene rings is 2. The lowest BCUT2D eigenvalue weighted by Gasteiger charge is -2.35. The molecule has 28 heavy (non-hydrogen) atoms. The number of nitrogens with zero attached hydrogens (tertiary/aromatic N) is 1. The first-order valence-electron chi connectivity index (χ1n) is 8.63. The molecule has 0 bridgehead atoms. The van der Waals surface area contributed by atoms with Crippen molar-refractivity contribution in [3.05, 3.63) is 66.2 Å². The zero-order valence-electron chi connectivity index (χ0n) is 14.9. The fourth-order valence-corrected chi connectivity index (χ4v) is 3.26. The van der Waals surface area contributed by atoms with Crippen LogP contribution in [0.15, 0.2) is 60.7 Å². The van der Waals surface area contributed by atoms with Crippen LogP contribution >= 0.6 is 0 Å². The molecule has 1 amide bonds. The van der Waals surface area contributed by atoms with Gasteiger partial charge < -0.3 is 19.7 Å². The maximum atomic E-state index is 12.7. The van der Waals surface area contributed by atoms with Crippen molar-refractivity contribution in [1.82, 2.24) is 4.90 Å². The molecule has 1 aliphatic heterocycles. The molecule has 1 saturated heterocycles. The van der Waals surface area contributed by atoms with Crippen LogP contribution in [0, 0.1) is 5.92 Å². The molecule has 1 fully saturated rings. The topological polar surface area (TPSA) is 113 Å². The first-order chi connectivity index (χ1) is 13.4. The van der Waals surface area contributed by atoms with E-state index >= 15 is 0 Å². The zero-order chi connectivity index (χ0) is 20.1. The van der Waals surface area contributed by atoms with E-state index in [-0.39, 0.29) is 25.3 Å². The van der Waals surface area contributed by atoms with Crippen molar-refractivity contribution < 1.29 is 34.1 Å². The van der Waals surface area contributed by atoms with E-state index in [0.717, 1.165) is 5.56 Å². The third-order valence-corrected chi connectivity index (χ3v) is 4.58. The highest BCUT2D eigenvalue weighted by Gasteiger charge is 2.63.